The third-order valence-corrected chi connectivity index (χ3v) is 6.65. The minimum absolute atomic E-state index is 0.0597. The van der Waals surface area contributed by atoms with Crippen LogP contribution in [0.4, 0.5) is 0 Å². The molecule has 1 amide bonds. The highest BCUT2D eigenvalue weighted by molar-refractivity contribution is 7.89. The van der Waals surface area contributed by atoms with Crippen LogP contribution in [0.25, 0.3) is 0 Å². The van der Waals surface area contributed by atoms with Crippen molar-refractivity contribution < 1.29 is 17.9 Å². The second-order valence-electron chi connectivity index (χ2n) is 6.46. The van der Waals surface area contributed by atoms with Crippen LogP contribution >= 0.6 is 0 Å². The van der Waals surface area contributed by atoms with Crippen LogP contribution in [0.1, 0.15) is 35.2 Å². The van der Waals surface area contributed by atoms with E-state index < -0.39 is 15.9 Å². The Morgan fingerprint density at radius 1 is 1.04 bits per heavy atom. The van der Waals surface area contributed by atoms with Crippen LogP contribution < -0.4 is 10.1 Å². The summed E-state index contributed by atoms with van der Waals surface area (Å²) in [5.74, 6) is 0.254. The van der Waals surface area contributed by atoms with Crippen LogP contribution in [0.5, 0.6) is 5.75 Å². The lowest BCUT2D eigenvalue weighted by molar-refractivity contribution is 0.0947. The highest BCUT2D eigenvalue weighted by atomic mass is 32.2. The van der Waals surface area contributed by atoms with Crippen molar-refractivity contribution in [2.24, 2.45) is 0 Å². The summed E-state index contributed by atoms with van der Waals surface area (Å²) in [5, 5.41) is 2.80. The molecular formula is C20H24N2O4S. The van der Waals surface area contributed by atoms with Gasteiger partial charge in [0, 0.05) is 25.2 Å². The molecule has 3 rings (SSSR count). The number of carbonyl (C=O) groups is 1. The first-order chi connectivity index (χ1) is 13.0. The molecule has 0 aliphatic carbocycles. The number of nitrogens with zero attached hydrogens (tertiary/aromatic N) is 1. The maximum atomic E-state index is 13.0. The fraction of sp³-hybridized carbons (Fsp3) is 0.350. The topological polar surface area (TPSA) is 75.7 Å². The van der Waals surface area contributed by atoms with Crippen LogP contribution in [0.15, 0.2) is 53.4 Å². The second-order valence-corrected chi connectivity index (χ2v) is 8.36. The predicted octanol–water partition coefficient (Wildman–Crippen LogP) is 2.80. The molecule has 0 radical (unpaired) electrons. The molecule has 0 bridgehead atoms. The zero-order valence-corrected chi connectivity index (χ0v) is 16.2. The monoisotopic (exact) mass is 388 g/mol. The Morgan fingerprint density at radius 3 is 2.44 bits per heavy atom. The third kappa shape index (κ3) is 4.31. The maximum Gasteiger partial charge on any atom is 0.252 e. The van der Waals surface area contributed by atoms with E-state index in [1.807, 2.05) is 24.3 Å². The number of rotatable bonds is 6. The van der Waals surface area contributed by atoms with Gasteiger partial charge in [-0.05, 0) is 31.0 Å². The summed E-state index contributed by atoms with van der Waals surface area (Å²) in [7, 11) is -2.12. The van der Waals surface area contributed by atoms with E-state index in [-0.39, 0.29) is 17.0 Å². The Kier molecular flexibility index (Phi) is 6.13. The van der Waals surface area contributed by atoms with Crippen molar-refractivity contribution in [3.63, 3.8) is 0 Å². The van der Waals surface area contributed by atoms with Gasteiger partial charge in [0.25, 0.3) is 5.91 Å². The summed E-state index contributed by atoms with van der Waals surface area (Å²) in [4.78, 5) is 12.8. The summed E-state index contributed by atoms with van der Waals surface area (Å²) < 4.78 is 32.8. The largest absolute Gasteiger partial charge is 0.496 e. The number of para-hydroxylation sites is 1. The molecule has 1 heterocycles. The van der Waals surface area contributed by atoms with Gasteiger partial charge in [-0.3, -0.25) is 4.79 Å². The van der Waals surface area contributed by atoms with Crippen LogP contribution in [-0.2, 0) is 16.6 Å². The Balaban J connectivity index is 1.81. The summed E-state index contributed by atoms with van der Waals surface area (Å²) in [6.45, 7) is 1.25. The average molecular weight is 388 g/mol. The maximum absolute atomic E-state index is 13.0. The van der Waals surface area contributed by atoms with Gasteiger partial charge in [0.1, 0.15) is 5.75 Å². The molecule has 1 aliphatic rings. The van der Waals surface area contributed by atoms with Crippen molar-refractivity contribution >= 4 is 15.9 Å². The Morgan fingerprint density at radius 2 is 1.70 bits per heavy atom. The summed E-state index contributed by atoms with van der Waals surface area (Å²) in [6, 6.07) is 13.8. The molecule has 2 aromatic carbocycles. The number of carbonyl (C=O) groups excluding carboxylic acids is 1. The fourth-order valence-corrected chi connectivity index (χ4v) is 4.95. The molecule has 0 unspecified atom stereocenters. The molecule has 1 aliphatic heterocycles. The summed E-state index contributed by atoms with van der Waals surface area (Å²) >= 11 is 0. The first-order valence-corrected chi connectivity index (χ1v) is 10.5. The highest BCUT2D eigenvalue weighted by Crippen LogP contribution is 2.24. The lowest BCUT2D eigenvalue weighted by Gasteiger charge is -2.26. The molecule has 1 fully saturated rings. The molecule has 0 spiro atoms. The number of methoxy groups -OCH3 is 1. The summed E-state index contributed by atoms with van der Waals surface area (Å²) in [6.07, 6.45) is 2.73. The van der Waals surface area contributed by atoms with Gasteiger partial charge >= 0.3 is 0 Å². The lowest BCUT2D eigenvalue weighted by atomic mass is 10.1. The van der Waals surface area contributed by atoms with E-state index in [0.717, 1.165) is 24.8 Å². The van der Waals surface area contributed by atoms with Gasteiger partial charge in [-0.25, -0.2) is 8.42 Å². The quantitative estimate of drug-likeness (QED) is 0.826. The van der Waals surface area contributed by atoms with Crippen molar-refractivity contribution in [1.29, 1.82) is 0 Å². The second kappa shape index (κ2) is 8.54. The number of ether oxygens (including phenoxy) is 1. The SMILES string of the molecule is COc1ccccc1CNC(=O)c1ccccc1S(=O)(=O)N1CCCCC1. The number of piperidine rings is 1. The van der Waals surface area contributed by atoms with Gasteiger partial charge in [-0.2, -0.15) is 4.31 Å². The standard InChI is InChI=1S/C20H24N2O4S/c1-26-18-11-5-3-9-16(18)15-21-20(23)17-10-4-6-12-19(17)27(24,25)22-13-7-2-8-14-22/h3-6,9-12H,2,7-8,13-15H2,1H3,(H,21,23). The average Bonchev–Trinajstić information content (AvgIpc) is 2.72. The normalized spacial score (nSPS) is 15.3. The first kappa shape index (κ1) is 19.4. The lowest BCUT2D eigenvalue weighted by Crippen LogP contribution is -2.37. The smallest absolute Gasteiger partial charge is 0.252 e. The van der Waals surface area contributed by atoms with E-state index in [2.05, 4.69) is 5.32 Å². The molecule has 1 N–H and O–H groups in total. The van der Waals surface area contributed by atoms with Crippen molar-refractivity contribution in [3.05, 3.63) is 59.7 Å². The number of sulfonamides is 1. The number of amides is 1. The highest BCUT2D eigenvalue weighted by Gasteiger charge is 2.29. The van der Waals surface area contributed by atoms with E-state index in [9.17, 15) is 13.2 Å². The minimum atomic E-state index is -3.69. The van der Waals surface area contributed by atoms with Gasteiger partial charge in [0.05, 0.1) is 17.6 Å². The zero-order chi connectivity index (χ0) is 19.3. The van der Waals surface area contributed by atoms with E-state index >= 15 is 0 Å². The van der Waals surface area contributed by atoms with Crippen molar-refractivity contribution in [3.8, 4) is 5.75 Å². The number of hydrogen-bond donors (Lipinski definition) is 1. The predicted molar refractivity (Wildman–Crippen MR) is 103 cm³/mol. The van der Waals surface area contributed by atoms with Gasteiger partial charge < -0.3 is 10.1 Å². The molecule has 0 saturated carbocycles. The molecule has 144 valence electrons. The molecule has 2 aromatic rings. The minimum Gasteiger partial charge on any atom is -0.496 e. The van der Waals surface area contributed by atoms with E-state index in [4.69, 9.17) is 4.74 Å². The fourth-order valence-electron chi connectivity index (χ4n) is 3.24. The molecule has 1 saturated heterocycles. The van der Waals surface area contributed by atoms with Crippen LogP contribution in [0.3, 0.4) is 0 Å². The Labute approximate surface area is 160 Å². The molecular weight excluding hydrogens is 364 g/mol. The van der Waals surface area contributed by atoms with Crippen LogP contribution in [0, 0.1) is 0 Å². The van der Waals surface area contributed by atoms with Gasteiger partial charge in [-0.15, -0.1) is 0 Å². The molecule has 6 nitrogen and oxygen atoms in total. The van der Waals surface area contributed by atoms with E-state index in [0.29, 0.717) is 18.8 Å². The van der Waals surface area contributed by atoms with E-state index in [1.54, 1.807) is 25.3 Å². The van der Waals surface area contributed by atoms with Crippen molar-refractivity contribution in [2.75, 3.05) is 20.2 Å². The van der Waals surface area contributed by atoms with Gasteiger partial charge in [0.2, 0.25) is 10.0 Å². The zero-order valence-electron chi connectivity index (χ0n) is 15.3. The van der Waals surface area contributed by atoms with E-state index in [1.165, 1.54) is 10.4 Å². The van der Waals surface area contributed by atoms with Crippen molar-refractivity contribution in [2.45, 2.75) is 30.7 Å². The Hall–Kier alpha value is -2.38. The van der Waals surface area contributed by atoms with Gasteiger partial charge in [-0.1, -0.05) is 36.8 Å². The molecule has 0 aromatic heterocycles. The summed E-state index contributed by atoms with van der Waals surface area (Å²) in [5.41, 5.74) is 0.989. The van der Waals surface area contributed by atoms with Crippen molar-refractivity contribution in [1.82, 2.24) is 9.62 Å². The third-order valence-electron chi connectivity index (χ3n) is 4.70. The van der Waals surface area contributed by atoms with Crippen LogP contribution in [0.2, 0.25) is 0 Å². The number of nitrogens with one attached hydrogen (secondary N) is 1. The molecule has 7 heteroatoms. The molecule has 27 heavy (non-hydrogen) atoms. The van der Waals surface area contributed by atoms with Gasteiger partial charge in [0.15, 0.2) is 0 Å². The number of benzene rings is 2. The Bertz CT molecular complexity index is 906. The number of hydrogen-bond acceptors (Lipinski definition) is 4. The molecule has 0 atom stereocenters. The first-order valence-electron chi connectivity index (χ1n) is 9.03. The van der Waals surface area contributed by atoms with Crippen LogP contribution in [-0.4, -0.2) is 38.8 Å².